The molecule has 1 saturated heterocycles. The first-order valence-corrected chi connectivity index (χ1v) is 9.65. The number of nitrogens with zero attached hydrogens (tertiary/aromatic N) is 1. The average molecular weight is 387 g/mol. The monoisotopic (exact) mass is 386 g/mol. The molecule has 2 heterocycles. The molecule has 1 aliphatic heterocycles. The van der Waals surface area contributed by atoms with Gasteiger partial charge in [-0.3, -0.25) is 0 Å². The van der Waals surface area contributed by atoms with E-state index in [1.54, 1.807) is 12.1 Å². The summed E-state index contributed by atoms with van der Waals surface area (Å²) in [6.07, 6.45) is 2.67. The Bertz CT molecular complexity index is 938. The molecule has 0 aliphatic carbocycles. The average Bonchev–Trinajstić information content (AvgIpc) is 2.67. The number of piperidine rings is 1. The zero-order valence-corrected chi connectivity index (χ0v) is 15.8. The highest BCUT2D eigenvalue weighted by Crippen LogP contribution is 2.35. The highest BCUT2D eigenvalue weighted by molar-refractivity contribution is 6.36. The maximum Gasteiger partial charge on any atom is 0.0950 e. The van der Waals surface area contributed by atoms with Crippen molar-refractivity contribution in [2.75, 3.05) is 6.54 Å². The minimum Gasteiger partial charge on any atom is -0.387 e. The second-order valence-corrected chi connectivity index (χ2v) is 7.58. The molecule has 134 valence electrons. The summed E-state index contributed by atoms with van der Waals surface area (Å²) in [5.41, 5.74) is 3.29. The van der Waals surface area contributed by atoms with Crippen molar-refractivity contribution in [2.45, 2.75) is 31.4 Å². The van der Waals surface area contributed by atoms with Gasteiger partial charge in [-0.1, -0.05) is 47.8 Å². The summed E-state index contributed by atoms with van der Waals surface area (Å²) in [4.78, 5) is 4.77. The number of nitrogens with one attached hydrogen (secondary N) is 1. The zero-order chi connectivity index (χ0) is 18.1. The molecule has 2 aromatic carbocycles. The van der Waals surface area contributed by atoms with E-state index in [0.29, 0.717) is 10.0 Å². The molecule has 1 aliphatic rings. The fourth-order valence-corrected chi connectivity index (χ4v) is 4.15. The Hall–Kier alpha value is -1.65. The number of hydrogen-bond donors (Lipinski definition) is 2. The fraction of sp³-hybridized carbons (Fsp3) is 0.286. The van der Waals surface area contributed by atoms with E-state index in [1.807, 2.05) is 36.4 Å². The van der Waals surface area contributed by atoms with E-state index >= 15 is 0 Å². The Morgan fingerprint density at radius 3 is 2.69 bits per heavy atom. The van der Waals surface area contributed by atoms with Gasteiger partial charge in [-0.05, 0) is 55.3 Å². The number of halogens is 2. The van der Waals surface area contributed by atoms with Gasteiger partial charge < -0.3 is 10.4 Å². The standard InChI is InChI=1S/C21H20Cl2N2O/c22-13-8-9-15(17(23)11-13)20-12-16(14-5-1-2-6-18(14)25-20)21(26)19-7-3-4-10-24-19/h1-2,5-6,8-9,11-12,19,21,24,26H,3-4,7,10H2/t19-,21+/m0/s1. The van der Waals surface area contributed by atoms with Gasteiger partial charge in [0.05, 0.1) is 22.3 Å². The van der Waals surface area contributed by atoms with Gasteiger partial charge in [0.15, 0.2) is 0 Å². The number of benzene rings is 2. The molecule has 1 fully saturated rings. The number of para-hydroxylation sites is 1. The van der Waals surface area contributed by atoms with Crippen LogP contribution in [-0.2, 0) is 0 Å². The van der Waals surface area contributed by atoms with Crippen LogP contribution in [0.25, 0.3) is 22.2 Å². The lowest BCUT2D eigenvalue weighted by atomic mass is 9.92. The molecule has 1 aromatic heterocycles. The normalized spacial score (nSPS) is 18.8. The molecule has 0 amide bonds. The van der Waals surface area contributed by atoms with Crippen molar-refractivity contribution in [3.63, 3.8) is 0 Å². The van der Waals surface area contributed by atoms with Crippen LogP contribution < -0.4 is 5.32 Å². The van der Waals surface area contributed by atoms with Crippen molar-refractivity contribution in [3.05, 3.63) is 64.1 Å². The maximum absolute atomic E-state index is 11.1. The molecule has 26 heavy (non-hydrogen) atoms. The lowest BCUT2D eigenvalue weighted by molar-refractivity contribution is 0.115. The number of rotatable bonds is 3. The molecule has 3 aromatic rings. The first kappa shape index (κ1) is 17.7. The summed E-state index contributed by atoms with van der Waals surface area (Å²) in [5, 5.41) is 16.6. The van der Waals surface area contributed by atoms with E-state index in [9.17, 15) is 5.11 Å². The fourth-order valence-electron chi connectivity index (χ4n) is 3.65. The van der Waals surface area contributed by atoms with Gasteiger partial charge in [0.1, 0.15) is 0 Å². The predicted octanol–water partition coefficient (Wildman–Crippen LogP) is 5.38. The van der Waals surface area contributed by atoms with Crippen LogP contribution in [0.2, 0.25) is 10.0 Å². The van der Waals surface area contributed by atoms with Crippen molar-refractivity contribution in [3.8, 4) is 11.3 Å². The molecular formula is C21H20Cl2N2O. The number of hydrogen-bond acceptors (Lipinski definition) is 3. The summed E-state index contributed by atoms with van der Waals surface area (Å²) in [5.74, 6) is 0. The Kier molecular flexibility index (Phi) is 5.14. The van der Waals surface area contributed by atoms with Gasteiger partial charge >= 0.3 is 0 Å². The molecule has 3 nitrogen and oxygen atoms in total. The number of aliphatic hydroxyl groups is 1. The molecule has 4 rings (SSSR count). The van der Waals surface area contributed by atoms with Crippen LogP contribution in [0.3, 0.4) is 0 Å². The maximum atomic E-state index is 11.1. The molecule has 2 atom stereocenters. The lowest BCUT2D eigenvalue weighted by Gasteiger charge is -2.29. The van der Waals surface area contributed by atoms with E-state index in [0.717, 1.165) is 53.5 Å². The SMILES string of the molecule is O[C@H](c1cc(-c2ccc(Cl)cc2Cl)nc2ccccc12)[C@@H]1CCCCN1. The highest BCUT2D eigenvalue weighted by Gasteiger charge is 2.25. The van der Waals surface area contributed by atoms with Crippen LogP contribution in [0.5, 0.6) is 0 Å². The molecule has 0 radical (unpaired) electrons. The second-order valence-electron chi connectivity index (χ2n) is 6.74. The van der Waals surface area contributed by atoms with Gasteiger partial charge in [0.2, 0.25) is 0 Å². The summed E-state index contributed by atoms with van der Waals surface area (Å²) >= 11 is 12.4. The minimum atomic E-state index is -0.590. The number of aromatic nitrogens is 1. The largest absolute Gasteiger partial charge is 0.387 e. The van der Waals surface area contributed by atoms with E-state index in [2.05, 4.69) is 5.32 Å². The third-order valence-corrected chi connectivity index (χ3v) is 5.55. The topological polar surface area (TPSA) is 45.2 Å². The van der Waals surface area contributed by atoms with Gasteiger partial charge in [-0.15, -0.1) is 0 Å². The molecule has 0 spiro atoms. The quantitative estimate of drug-likeness (QED) is 0.634. The molecule has 0 unspecified atom stereocenters. The third kappa shape index (κ3) is 3.45. The van der Waals surface area contributed by atoms with Crippen molar-refractivity contribution in [2.24, 2.45) is 0 Å². The zero-order valence-electron chi connectivity index (χ0n) is 14.3. The van der Waals surface area contributed by atoms with Gasteiger partial charge in [-0.2, -0.15) is 0 Å². The predicted molar refractivity (Wildman–Crippen MR) is 108 cm³/mol. The minimum absolute atomic E-state index is 0.0584. The summed E-state index contributed by atoms with van der Waals surface area (Å²) in [7, 11) is 0. The first-order chi connectivity index (χ1) is 12.6. The van der Waals surface area contributed by atoms with Crippen molar-refractivity contribution >= 4 is 34.1 Å². The number of aliphatic hydroxyl groups excluding tert-OH is 1. The summed E-state index contributed by atoms with van der Waals surface area (Å²) in [6, 6.07) is 15.3. The van der Waals surface area contributed by atoms with Gasteiger partial charge in [0, 0.05) is 22.0 Å². The molecule has 2 N–H and O–H groups in total. The van der Waals surface area contributed by atoms with Gasteiger partial charge in [-0.25, -0.2) is 4.98 Å². The number of pyridine rings is 1. The second kappa shape index (κ2) is 7.53. The Morgan fingerprint density at radius 2 is 1.92 bits per heavy atom. The molecule has 0 bridgehead atoms. The first-order valence-electron chi connectivity index (χ1n) is 8.90. The lowest BCUT2D eigenvalue weighted by Crippen LogP contribution is -2.38. The summed E-state index contributed by atoms with van der Waals surface area (Å²) < 4.78 is 0. The van der Waals surface area contributed by atoms with Crippen LogP contribution in [0, 0.1) is 0 Å². The van der Waals surface area contributed by atoms with Gasteiger partial charge in [0.25, 0.3) is 0 Å². The molecule has 0 saturated carbocycles. The van der Waals surface area contributed by atoms with Crippen LogP contribution >= 0.6 is 23.2 Å². The van der Waals surface area contributed by atoms with E-state index in [4.69, 9.17) is 28.2 Å². The van der Waals surface area contributed by atoms with E-state index in [-0.39, 0.29) is 6.04 Å². The van der Waals surface area contributed by atoms with Crippen LogP contribution in [0.1, 0.15) is 30.9 Å². The smallest absolute Gasteiger partial charge is 0.0950 e. The van der Waals surface area contributed by atoms with Crippen LogP contribution in [-0.4, -0.2) is 22.7 Å². The Morgan fingerprint density at radius 1 is 1.08 bits per heavy atom. The van der Waals surface area contributed by atoms with Crippen LogP contribution in [0.4, 0.5) is 0 Å². The van der Waals surface area contributed by atoms with Crippen molar-refractivity contribution < 1.29 is 5.11 Å². The Labute approximate surface area is 163 Å². The number of fused-ring (bicyclic) bond motifs is 1. The Balaban J connectivity index is 1.85. The summed E-state index contributed by atoms with van der Waals surface area (Å²) in [6.45, 7) is 0.945. The third-order valence-electron chi connectivity index (χ3n) is 5.00. The molecule has 5 heteroatoms. The van der Waals surface area contributed by atoms with Crippen molar-refractivity contribution in [1.82, 2.24) is 10.3 Å². The van der Waals surface area contributed by atoms with Crippen molar-refractivity contribution in [1.29, 1.82) is 0 Å². The molecular weight excluding hydrogens is 367 g/mol. The van der Waals surface area contributed by atoms with E-state index in [1.165, 1.54) is 0 Å². The van der Waals surface area contributed by atoms with E-state index < -0.39 is 6.10 Å². The van der Waals surface area contributed by atoms with Crippen LogP contribution in [0.15, 0.2) is 48.5 Å². The highest BCUT2D eigenvalue weighted by atomic mass is 35.5.